The molecule has 17 heavy (non-hydrogen) atoms. The van der Waals surface area contributed by atoms with Crippen molar-refractivity contribution in [1.82, 2.24) is 5.32 Å². The van der Waals surface area contributed by atoms with Gasteiger partial charge in [0.25, 0.3) is 0 Å². The van der Waals surface area contributed by atoms with E-state index < -0.39 is 6.04 Å². The Morgan fingerprint density at radius 1 is 1.18 bits per heavy atom. The van der Waals surface area contributed by atoms with E-state index in [0.29, 0.717) is 6.42 Å². The van der Waals surface area contributed by atoms with E-state index in [0.717, 1.165) is 0 Å². The first kappa shape index (κ1) is 16.4. The normalized spacial score (nSPS) is 16.5. The predicted molar refractivity (Wildman–Crippen MR) is 70.5 cm³/mol. The molecule has 2 atom stereocenters. The Morgan fingerprint density at radius 2 is 1.65 bits per heavy atom. The number of aliphatic hydroxyl groups excluding tert-OH is 1. The molecule has 0 aliphatic heterocycles. The van der Waals surface area contributed by atoms with Gasteiger partial charge in [0, 0.05) is 12.6 Å². The maximum atomic E-state index is 12.0. The quantitative estimate of drug-likeness (QED) is 0.697. The highest BCUT2D eigenvalue weighted by Gasteiger charge is 2.32. The zero-order valence-corrected chi connectivity index (χ0v) is 12.0. The summed E-state index contributed by atoms with van der Waals surface area (Å²) in [4.78, 5) is 12.0. The average Bonchev–Trinajstić information content (AvgIpc) is 2.12. The van der Waals surface area contributed by atoms with Gasteiger partial charge in [-0.2, -0.15) is 0 Å². The van der Waals surface area contributed by atoms with Crippen LogP contribution in [-0.2, 0) is 4.79 Å². The van der Waals surface area contributed by atoms with Crippen LogP contribution in [0.4, 0.5) is 0 Å². The molecular weight excluding hydrogens is 216 g/mol. The van der Waals surface area contributed by atoms with Gasteiger partial charge in [-0.3, -0.25) is 4.79 Å². The molecule has 4 N–H and O–H groups in total. The van der Waals surface area contributed by atoms with Crippen molar-refractivity contribution < 1.29 is 9.90 Å². The smallest absolute Gasteiger partial charge is 0.237 e. The Balaban J connectivity index is 4.63. The Hall–Kier alpha value is -0.610. The number of carbonyl (C=O) groups is 1. The summed E-state index contributed by atoms with van der Waals surface area (Å²) < 4.78 is 0. The number of hydrogen-bond donors (Lipinski definition) is 3. The van der Waals surface area contributed by atoms with E-state index in [1.54, 1.807) is 0 Å². The van der Waals surface area contributed by atoms with E-state index in [9.17, 15) is 4.79 Å². The van der Waals surface area contributed by atoms with Crippen molar-refractivity contribution in [2.24, 2.45) is 16.6 Å². The van der Waals surface area contributed by atoms with Crippen molar-refractivity contribution in [2.75, 3.05) is 6.61 Å². The van der Waals surface area contributed by atoms with Gasteiger partial charge in [0.05, 0.1) is 6.04 Å². The topological polar surface area (TPSA) is 75.3 Å². The van der Waals surface area contributed by atoms with E-state index in [1.807, 2.05) is 41.5 Å². The molecule has 0 saturated carbocycles. The van der Waals surface area contributed by atoms with Crippen LogP contribution < -0.4 is 11.1 Å². The monoisotopic (exact) mass is 244 g/mol. The highest BCUT2D eigenvalue weighted by Crippen LogP contribution is 2.23. The lowest BCUT2D eigenvalue weighted by Gasteiger charge is -2.34. The summed E-state index contributed by atoms with van der Waals surface area (Å²) in [5, 5.41) is 12.0. The number of nitrogens with two attached hydrogens (primary N) is 1. The van der Waals surface area contributed by atoms with Crippen molar-refractivity contribution in [3.63, 3.8) is 0 Å². The highest BCUT2D eigenvalue weighted by atomic mass is 16.3. The zero-order chi connectivity index (χ0) is 13.9. The molecule has 2 unspecified atom stereocenters. The van der Waals surface area contributed by atoms with Crippen molar-refractivity contribution in [3.05, 3.63) is 0 Å². The Morgan fingerprint density at radius 3 is 1.94 bits per heavy atom. The van der Waals surface area contributed by atoms with Crippen LogP contribution >= 0.6 is 0 Å². The number of aliphatic hydroxyl groups is 1. The lowest BCUT2D eigenvalue weighted by molar-refractivity contribution is -0.126. The van der Waals surface area contributed by atoms with Crippen molar-refractivity contribution >= 4 is 5.91 Å². The maximum absolute atomic E-state index is 12.0. The molecule has 0 aromatic heterocycles. The molecule has 0 aromatic rings. The van der Waals surface area contributed by atoms with Gasteiger partial charge in [0.1, 0.15) is 0 Å². The summed E-state index contributed by atoms with van der Waals surface area (Å²) in [6, 6.07) is -0.598. The molecule has 102 valence electrons. The molecule has 0 aliphatic rings. The number of hydrogen-bond acceptors (Lipinski definition) is 3. The van der Waals surface area contributed by atoms with E-state index >= 15 is 0 Å². The first-order valence-corrected chi connectivity index (χ1v) is 6.17. The summed E-state index contributed by atoms with van der Waals surface area (Å²) in [5.74, 6) is -0.147. The fourth-order valence-electron chi connectivity index (χ4n) is 1.51. The summed E-state index contributed by atoms with van der Waals surface area (Å²) in [6.45, 7) is 12.0. The fourth-order valence-corrected chi connectivity index (χ4v) is 1.51. The fraction of sp³-hybridized carbons (Fsp3) is 0.923. The van der Waals surface area contributed by atoms with Crippen LogP contribution in [0.25, 0.3) is 0 Å². The first-order valence-electron chi connectivity index (χ1n) is 6.17. The number of carbonyl (C=O) groups excluding carboxylic acids is 1. The van der Waals surface area contributed by atoms with Crippen LogP contribution in [0.1, 0.15) is 48.0 Å². The second-order valence-corrected chi connectivity index (χ2v) is 6.78. The minimum Gasteiger partial charge on any atom is -0.396 e. The highest BCUT2D eigenvalue weighted by molar-refractivity contribution is 5.82. The standard InChI is InChI=1S/C13H28N2O2/c1-12(2,3)9(7-8-16)15-11(17)10(14)13(4,5)6/h9-10,16H,7-8,14H2,1-6H3,(H,15,17). The van der Waals surface area contributed by atoms with Crippen molar-refractivity contribution in [3.8, 4) is 0 Å². The van der Waals surface area contributed by atoms with Crippen molar-refractivity contribution in [1.29, 1.82) is 0 Å². The molecule has 0 fully saturated rings. The molecule has 0 rings (SSSR count). The van der Waals surface area contributed by atoms with Crippen molar-refractivity contribution in [2.45, 2.75) is 60.0 Å². The molecule has 4 nitrogen and oxygen atoms in total. The lowest BCUT2D eigenvalue weighted by Crippen LogP contribution is -2.54. The molecule has 1 amide bonds. The van der Waals surface area contributed by atoms with E-state index in [4.69, 9.17) is 10.8 Å². The van der Waals surface area contributed by atoms with Crippen LogP contribution in [-0.4, -0.2) is 29.7 Å². The molecule has 0 spiro atoms. The first-order chi connectivity index (χ1) is 7.50. The molecule has 0 aliphatic carbocycles. The third-order valence-corrected chi connectivity index (χ3v) is 3.00. The van der Waals surface area contributed by atoms with Crippen LogP contribution in [0.15, 0.2) is 0 Å². The van der Waals surface area contributed by atoms with E-state index in [2.05, 4.69) is 5.32 Å². The Kier molecular flexibility index (Phi) is 5.62. The average molecular weight is 244 g/mol. The van der Waals surface area contributed by atoms with Crippen LogP contribution in [0.5, 0.6) is 0 Å². The number of rotatable bonds is 4. The minimum absolute atomic E-state index is 0.0617. The van der Waals surface area contributed by atoms with Gasteiger partial charge >= 0.3 is 0 Å². The van der Waals surface area contributed by atoms with Crippen LogP contribution in [0.3, 0.4) is 0 Å². The number of nitrogens with one attached hydrogen (secondary N) is 1. The summed E-state index contributed by atoms with van der Waals surface area (Å²) >= 11 is 0. The number of amides is 1. The van der Waals surface area contributed by atoms with Gasteiger partial charge in [-0.25, -0.2) is 0 Å². The van der Waals surface area contributed by atoms with Gasteiger partial charge in [-0.1, -0.05) is 41.5 Å². The third-order valence-electron chi connectivity index (χ3n) is 3.00. The zero-order valence-electron chi connectivity index (χ0n) is 12.0. The maximum Gasteiger partial charge on any atom is 0.237 e. The Labute approximate surface area is 105 Å². The lowest BCUT2D eigenvalue weighted by atomic mass is 9.83. The third kappa shape index (κ3) is 5.50. The predicted octanol–water partition coefficient (Wildman–Crippen LogP) is 1.27. The second-order valence-electron chi connectivity index (χ2n) is 6.78. The minimum atomic E-state index is -0.536. The van der Waals surface area contributed by atoms with Gasteiger partial charge in [0.2, 0.25) is 5.91 Å². The molecule has 0 radical (unpaired) electrons. The van der Waals surface area contributed by atoms with Gasteiger partial charge < -0.3 is 16.2 Å². The summed E-state index contributed by atoms with van der Waals surface area (Å²) in [5.41, 5.74) is 5.56. The van der Waals surface area contributed by atoms with Crippen LogP contribution in [0.2, 0.25) is 0 Å². The molecular formula is C13H28N2O2. The van der Waals surface area contributed by atoms with E-state index in [1.165, 1.54) is 0 Å². The van der Waals surface area contributed by atoms with Crippen LogP contribution in [0, 0.1) is 10.8 Å². The summed E-state index contributed by atoms with van der Waals surface area (Å²) in [6.07, 6.45) is 0.548. The van der Waals surface area contributed by atoms with Gasteiger partial charge in [-0.05, 0) is 17.3 Å². The van der Waals surface area contributed by atoms with Gasteiger partial charge in [-0.15, -0.1) is 0 Å². The molecule has 0 saturated heterocycles. The summed E-state index contributed by atoms with van der Waals surface area (Å²) in [7, 11) is 0. The SMILES string of the molecule is CC(C)(C)C(CCO)NC(=O)C(N)C(C)(C)C. The molecule has 4 heteroatoms. The second kappa shape index (κ2) is 5.83. The Bertz CT molecular complexity index is 251. The largest absolute Gasteiger partial charge is 0.396 e. The van der Waals surface area contributed by atoms with E-state index in [-0.39, 0.29) is 29.4 Å². The van der Waals surface area contributed by atoms with Gasteiger partial charge in [0.15, 0.2) is 0 Å². The molecule has 0 bridgehead atoms. The molecule has 0 aromatic carbocycles. The molecule has 0 heterocycles.